The van der Waals surface area contributed by atoms with Gasteiger partial charge in [-0.2, -0.15) is 0 Å². The number of hydrogen-bond donors (Lipinski definition) is 2. The van der Waals surface area contributed by atoms with Crippen LogP contribution in [0.5, 0.6) is 5.75 Å². The minimum absolute atomic E-state index is 0.324. The lowest BCUT2D eigenvalue weighted by Crippen LogP contribution is -2.44. The topological polar surface area (TPSA) is 92.9 Å². The molecule has 6 heteroatoms. The normalized spacial score (nSPS) is 11.8. The average Bonchev–Trinajstić information content (AvgIpc) is 2.39. The molecule has 0 bridgehead atoms. The van der Waals surface area contributed by atoms with E-state index in [1.54, 1.807) is 7.05 Å². The van der Waals surface area contributed by atoms with Crippen molar-refractivity contribution in [2.24, 2.45) is 5.73 Å². The highest BCUT2D eigenvalue weighted by Crippen LogP contribution is 2.11. The van der Waals surface area contributed by atoms with Crippen LogP contribution in [-0.2, 0) is 9.59 Å². The molecule has 0 aliphatic heterocycles. The zero-order valence-electron chi connectivity index (χ0n) is 11.7. The molecular formula is C14H20N2O4. The SMILES string of the molecule is Cc1ccc(OCCN(C)C(=O)C(N)CC(=O)O)cc1. The number of amides is 1. The van der Waals surface area contributed by atoms with Crippen LogP contribution in [0.4, 0.5) is 0 Å². The molecule has 3 N–H and O–H groups in total. The maximum atomic E-state index is 11.7. The van der Waals surface area contributed by atoms with Crippen LogP contribution in [0.2, 0.25) is 0 Å². The number of carbonyl (C=O) groups excluding carboxylic acids is 1. The van der Waals surface area contributed by atoms with Crippen LogP contribution in [0.15, 0.2) is 24.3 Å². The van der Waals surface area contributed by atoms with Gasteiger partial charge in [-0.25, -0.2) is 0 Å². The summed E-state index contributed by atoms with van der Waals surface area (Å²) in [5.41, 5.74) is 6.65. The fourth-order valence-corrected chi connectivity index (χ4v) is 1.60. The number of rotatable bonds is 7. The molecule has 1 amide bonds. The molecule has 0 heterocycles. The van der Waals surface area contributed by atoms with Crippen molar-refractivity contribution in [1.82, 2.24) is 4.90 Å². The van der Waals surface area contributed by atoms with E-state index in [9.17, 15) is 9.59 Å². The number of carboxylic acid groups (broad SMARTS) is 1. The van der Waals surface area contributed by atoms with Crippen molar-refractivity contribution < 1.29 is 19.4 Å². The first-order chi connectivity index (χ1) is 9.40. The van der Waals surface area contributed by atoms with Gasteiger partial charge in [0.1, 0.15) is 12.4 Å². The lowest BCUT2D eigenvalue weighted by Gasteiger charge is -2.20. The fourth-order valence-electron chi connectivity index (χ4n) is 1.60. The second kappa shape index (κ2) is 7.49. The Bertz CT molecular complexity index is 459. The summed E-state index contributed by atoms with van der Waals surface area (Å²) < 4.78 is 5.49. The van der Waals surface area contributed by atoms with Crippen LogP contribution in [0, 0.1) is 6.92 Å². The minimum atomic E-state index is -1.09. The van der Waals surface area contributed by atoms with Gasteiger partial charge in [-0.1, -0.05) is 17.7 Å². The maximum Gasteiger partial charge on any atom is 0.305 e. The average molecular weight is 280 g/mol. The zero-order chi connectivity index (χ0) is 15.1. The first-order valence-electron chi connectivity index (χ1n) is 6.32. The molecule has 6 nitrogen and oxygen atoms in total. The Morgan fingerprint density at radius 1 is 1.35 bits per heavy atom. The lowest BCUT2D eigenvalue weighted by molar-refractivity contribution is -0.141. The van der Waals surface area contributed by atoms with Gasteiger partial charge in [0.25, 0.3) is 0 Å². The van der Waals surface area contributed by atoms with Gasteiger partial charge in [-0.3, -0.25) is 9.59 Å². The Morgan fingerprint density at radius 2 is 1.95 bits per heavy atom. The summed E-state index contributed by atoms with van der Waals surface area (Å²) in [5, 5.41) is 8.59. The van der Waals surface area contributed by atoms with Gasteiger partial charge < -0.3 is 20.5 Å². The van der Waals surface area contributed by atoms with Gasteiger partial charge in [0, 0.05) is 7.05 Å². The van der Waals surface area contributed by atoms with Gasteiger partial charge >= 0.3 is 5.97 Å². The minimum Gasteiger partial charge on any atom is -0.492 e. The number of likely N-dealkylation sites (N-methyl/N-ethyl adjacent to an activating group) is 1. The number of hydrogen-bond acceptors (Lipinski definition) is 4. The number of aryl methyl sites for hydroxylation is 1. The van der Waals surface area contributed by atoms with Crippen molar-refractivity contribution in [3.05, 3.63) is 29.8 Å². The van der Waals surface area contributed by atoms with E-state index in [0.717, 1.165) is 11.3 Å². The molecule has 110 valence electrons. The molecular weight excluding hydrogens is 260 g/mol. The highest BCUT2D eigenvalue weighted by molar-refractivity contribution is 5.85. The van der Waals surface area contributed by atoms with Crippen molar-refractivity contribution >= 4 is 11.9 Å². The van der Waals surface area contributed by atoms with E-state index in [1.807, 2.05) is 31.2 Å². The number of carboxylic acids is 1. The molecule has 20 heavy (non-hydrogen) atoms. The van der Waals surface area contributed by atoms with Gasteiger partial charge in [0.05, 0.1) is 19.0 Å². The van der Waals surface area contributed by atoms with Gasteiger partial charge in [0.2, 0.25) is 5.91 Å². The van der Waals surface area contributed by atoms with Crippen molar-refractivity contribution in [2.75, 3.05) is 20.2 Å². The lowest BCUT2D eigenvalue weighted by atomic mass is 10.2. The number of benzene rings is 1. The molecule has 1 rings (SSSR count). The first kappa shape index (κ1) is 16.0. The standard InChI is InChI=1S/C14H20N2O4/c1-10-3-5-11(6-4-10)20-8-7-16(2)14(19)12(15)9-13(17)18/h3-6,12H,7-9,15H2,1-2H3,(H,17,18). The largest absolute Gasteiger partial charge is 0.492 e. The molecule has 1 unspecified atom stereocenters. The molecule has 0 radical (unpaired) electrons. The van der Waals surface area contributed by atoms with Gasteiger partial charge in [0.15, 0.2) is 0 Å². The van der Waals surface area contributed by atoms with E-state index < -0.39 is 17.9 Å². The summed E-state index contributed by atoms with van der Waals surface area (Å²) >= 11 is 0. The summed E-state index contributed by atoms with van der Waals surface area (Å²) in [6, 6.07) is 6.57. The van der Waals surface area contributed by atoms with E-state index >= 15 is 0 Å². The first-order valence-corrected chi connectivity index (χ1v) is 6.32. The highest BCUT2D eigenvalue weighted by Gasteiger charge is 2.20. The Hall–Kier alpha value is -2.08. The number of nitrogens with two attached hydrogens (primary N) is 1. The smallest absolute Gasteiger partial charge is 0.305 e. The molecule has 0 aliphatic rings. The van der Waals surface area contributed by atoms with Gasteiger partial charge in [-0.15, -0.1) is 0 Å². The third-order valence-corrected chi connectivity index (χ3v) is 2.80. The molecule has 1 aromatic rings. The second-order valence-corrected chi connectivity index (χ2v) is 4.63. The van der Waals surface area contributed by atoms with E-state index in [4.69, 9.17) is 15.6 Å². The molecule has 0 saturated heterocycles. The van der Waals surface area contributed by atoms with Crippen LogP contribution in [-0.4, -0.2) is 48.1 Å². The third-order valence-electron chi connectivity index (χ3n) is 2.80. The number of carbonyl (C=O) groups is 2. The molecule has 1 aromatic carbocycles. The van der Waals surface area contributed by atoms with E-state index in [-0.39, 0.29) is 6.42 Å². The highest BCUT2D eigenvalue weighted by atomic mass is 16.5. The molecule has 0 saturated carbocycles. The number of aliphatic carboxylic acids is 1. The predicted octanol–water partition coefficient (Wildman–Crippen LogP) is 0.634. The summed E-state index contributed by atoms with van der Waals surface area (Å²) in [6.07, 6.45) is -0.373. The van der Waals surface area contributed by atoms with Crippen LogP contribution in [0.25, 0.3) is 0 Å². The van der Waals surface area contributed by atoms with Crippen LogP contribution >= 0.6 is 0 Å². The number of ether oxygens (including phenoxy) is 1. The summed E-state index contributed by atoms with van der Waals surface area (Å²) in [5.74, 6) is -0.763. The van der Waals surface area contributed by atoms with Crippen LogP contribution in [0.3, 0.4) is 0 Å². The summed E-state index contributed by atoms with van der Waals surface area (Å²) in [4.78, 5) is 23.6. The van der Waals surface area contributed by atoms with E-state index in [2.05, 4.69) is 0 Å². The third kappa shape index (κ3) is 5.27. The monoisotopic (exact) mass is 280 g/mol. The predicted molar refractivity (Wildman–Crippen MR) is 74.5 cm³/mol. The molecule has 1 atom stereocenters. The van der Waals surface area contributed by atoms with Crippen molar-refractivity contribution in [2.45, 2.75) is 19.4 Å². The Morgan fingerprint density at radius 3 is 2.50 bits per heavy atom. The van der Waals surface area contributed by atoms with Crippen molar-refractivity contribution in [3.63, 3.8) is 0 Å². The van der Waals surface area contributed by atoms with E-state index in [0.29, 0.717) is 13.2 Å². The van der Waals surface area contributed by atoms with E-state index in [1.165, 1.54) is 4.90 Å². The van der Waals surface area contributed by atoms with Gasteiger partial charge in [-0.05, 0) is 19.1 Å². The Kier molecular flexibility index (Phi) is 5.99. The van der Waals surface area contributed by atoms with Crippen LogP contribution < -0.4 is 10.5 Å². The summed E-state index contributed by atoms with van der Waals surface area (Å²) in [7, 11) is 1.57. The molecule has 0 aromatic heterocycles. The number of nitrogens with zero attached hydrogens (tertiary/aromatic N) is 1. The van der Waals surface area contributed by atoms with Crippen molar-refractivity contribution in [1.29, 1.82) is 0 Å². The second-order valence-electron chi connectivity index (χ2n) is 4.63. The Labute approximate surface area is 118 Å². The maximum absolute atomic E-state index is 11.7. The zero-order valence-corrected chi connectivity index (χ0v) is 11.7. The quantitative estimate of drug-likeness (QED) is 0.764. The van der Waals surface area contributed by atoms with Crippen molar-refractivity contribution in [3.8, 4) is 5.75 Å². The molecule has 0 spiro atoms. The molecule has 0 aliphatic carbocycles. The Balaban J connectivity index is 2.35. The summed E-state index contributed by atoms with van der Waals surface area (Å²) in [6.45, 7) is 2.66. The van der Waals surface area contributed by atoms with Crippen LogP contribution in [0.1, 0.15) is 12.0 Å². The molecule has 0 fully saturated rings. The fraction of sp³-hybridized carbons (Fsp3) is 0.429.